The highest BCUT2D eigenvalue weighted by Gasteiger charge is 2.34. The van der Waals surface area contributed by atoms with Gasteiger partial charge in [0.1, 0.15) is 11.6 Å². The second-order valence-electron chi connectivity index (χ2n) is 2.85. The van der Waals surface area contributed by atoms with E-state index in [0.29, 0.717) is 0 Å². The number of hydrogen-bond donors (Lipinski definition) is 1. The van der Waals surface area contributed by atoms with Crippen LogP contribution in [0.25, 0.3) is 4.98 Å². The summed E-state index contributed by atoms with van der Waals surface area (Å²) >= 11 is 0. The minimum absolute atomic E-state index is 0.157. The van der Waals surface area contributed by atoms with Gasteiger partial charge in [0.2, 0.25) is 5.39 Å². The molecular formula is C7H5N4O5+. The van der Waals surface area contributed by atoms with Crippen molar-refractivity contribution in [2.24, 2.45) is 0 Å². The third kappa shape index (κ3) is 1.59. The van der Waals surface area contributed by atoms with Crippen LogP contribution in [0.3, 0.4) is 0 Å². The lowest BCUT2D eigenvalue weighted by molar-refractivity contribution is -0.396. The lowest BCUT2D eigenvalue weighted by Crippen LogP contribution is -1.96. The summed E-state index contributed by atoms with van der Waals surface area (Å²) in [5, 5.41) is 38.9. The van der Waals surface area contributed by atoms with Gasteiger partial charge < -0.3 is 5.11 Å². The summed E-state index contributed by atoms with van der Waals surface area (Å²) in [4.78, 5) is 21.8. The van der Waals surface area contributed by atoms with Crippen LogP contribution in [0.1, 0.15) is 5.56 Å². The second kappa shape index (κ2) is 3.77. The summed E-state index contributed by atoms with van der Waals surface area (Å²) in [6.07, 6.45) is 0. The van der Waals surface area contributed by atoms with Gasteiger partial charge in [-0.1, -0.05) is 0 Å². The van der Waals surface area contributed by atoms with Crippen molar-refractivity contribution in [1.82, 2.24) is 0 Å². The zero-order valence-electron chi connectivity index (χ0n) is 7.95. The summed E-state index contributed by atoms with van der Waals surface area (Å²) in [5.41, 5.74) is -2.22. The van der Waals surface area contributed by atoms with Crippen molar-refractivity contribution in [1.29, 1.82) is 5.39 Å². The van der Waals surface area contributed by atoms with E-state index in [1.807, 2.05) is 0 Å². The lowest BCUT2D eigenvalue weighted by Gasteiger charge is -1.98. The number of rotatable bonds is 2. The minimum Gasteiger partial charge on any atom is -0.497 e. The third-order valence-electron chi connectivity index (χ3n) is 1.97. The maximum Gasteiger partial charge on any atom is 0.401 e. The first kappa shape index (κ1) is 11.3. The van der Waals surface area contributed by atoms with Crippen LogP contribution in [0.15, 0.2) is 6.07 Å². The van der Waals surface area contributed by atoms with Gasteiger partial charge in [-0.05, 0) is 6.92 Å². The van der Waals surface area contributed by atoms with E-state index in [1.165, 1.54) is 6.92 Å². The molecule has 1 rings (SSSR count). The normalized spacial score (nSPS) is 9.50. The average Bonchev–Trinajstić information content (AvgIpc) is 2.16. The number of diazo groups is 1. The van der Waals surface area contributed by atoms with Crippen LogP contribution in [0, 0.1) is 32.5 Å². The zero-order valence-corrected chi connectivity index (χ0v) is 7.95. The first-order valence-electron chi connectivity index (χ1n) is 3.90. The molecule has 0 bridgehead atoms. The van der Waals surface area contributed by atoms with Crippen molar-refractivity contribution in [3.05, 3.63) is 36.8 Å². The molecule has 0 spiro atoms. The van der Waals surface area contributed by atoms with Gasteiger partial charge in [0.25, 0.3) is 5.75 Å². The van der Waals surface area contributed by atoms with Crippen LogP contribution in [-0.4, -0.2) is 15.0 Å². The van der Waals surface area contributed by atoms with Crippen molar-refractivity contribution in [2.45, 2.75) is 6.92 Å². The number of hydrogen-bond acceptors (Lipinski definition) is 6. The molecule has 0 unspecified atom stereocenters. The molecule has 1 aromatic rings. The van der Waals surface area contributed by atoms with E-state index in [-0.39, 0.29) is 11.3 Å². The number of benzene rings is 1. The Kier molecular flexibility index (Phi) is 2.67. The van der Waals surface area contributed by atoms with E-state index < -0.39 is 27.0 Å². The molecular weight excluding hydrogens is 220 g/mol. The molecule has 0 aromatic heterocycles. The Morgan fingerprint density at radius 3 is 2.31 bits per heavy atom. The quantitative estimate of drug-likeness (QED) is 0.464. The SMILES string of the molecule is Cc1c([N+]#N)cc([N+](=O)[O-])c(O)c1[N+](=O)[O-]. The molecule has 0 aliphatic carbocycles. The zero-order chi connectivity index (χ0) is 12.5. The van der Waals surface area contributed by atoms with Crippen LogP contribution < -0.4 is 0 Å². The van der Waals surface area contributed by atoms with E-state index in [1.54, 1.807) is 0 Å². The largest absolute Gasteiger partial charge is 0.497 e. The van der Waals surface area contributed by atoms with Gasteiger partial charge in [-0.2, -0.15) is 0 Å². The summed E-state index contributed by atoms with van der Waals surface area (Å²) in [5.74, 6) is -1.06. The Balaban J connectivity index is 3.73. The topological polar surface area (TPSA) is 135 Å². The van der Waals surface area contributed by atoms with E-state index in [4.69, 9.17) is 5.39 Å². The highest BCUT2D eigenvalue weighted by Crippen LogP contribution is 2.43. The fraction of sp³-hybridized carbons (Fsp3) is 0.143. The molecule has 0 atom stereocenters. The standard InChI is InChI=1S/C7H4N4O5/c1-3-4(9-8)2-5(10(13)14)7(12)6(3)11(15)16/h2H,1H3/p+1. The molecule has 0 saturated heterocycles. The number of aromatic hydroxyl groups is 1. The number of nitrogens with zero attached hydrogens (tertiary/aromatic N) is 4. The summed E-state index contributed by atoms with van der Waals surface area (Å²) in [6, 6.07) is 0.748. The maximum atomic E-state index is 10.6. The van der Waals surface area contributed by atoms with Gasteiger partial charge in [0.15, 0.2) is 4.98 Å². The Labute approximate surface area is 87.9 Å². The molecule has 9 nitrogen and oxygen atoms in total. The third-order valence-corrected chi connectivity index (χ3v) is 1.97. The Bertz CT molecular complexity index is 533. The molecule has 1 aromatic carbocycles. The Morgan fingerprint density at radius 1 is 1.38 bits per heavy atom. The molecule has 0 amide bonds. The van der Waals surface area contributed by atoms with Crippen molar-refractivity contribution in [3.63, 3.8) is 0 Å². The van der Waals surface area contributed by atoms with Crippen molar-refractivity contribution >= 4 is 17.1 Å². The number of phenolic OH excluding ortho intramolecular Hbond substituents is 1. The van der Waals surface area contributed by atoms with E-state index in [2.05, 4.69) is 4.98 Å². The highest BCUT2D eigenvalue weighted by molar-refractivity contribution is 5.73. The summed E-state index contributed by atoms with van der Waals surface area (Å²) < 4.78 is 0. The average molecular weight is 225 g/mol. The summed E-state index contributed by atoms with van der Waals surface area (Å²) in [7, 11) is 0. The van der Waals surface area contributed by atoms with Gasteiger partial charge in [0, 0.05) is 0 Å². The minimum atomic E-state index is -1.06. The van der Waals surface area contributed by atoms with Gasteiger partial charge >= 0.3 is 17.1 Å². The van der Waals surface area contributed by atoms with Crippen LogP contribution in [0.2, 0.25) is 0 Å². The first-order valence-corrected chi connectivity index (χ1v) is 3.90. The monoisotopic (exact) mass is 225 g/mol. The maximum absolute atomic E-state index is 10.6. The van der Waals surface area contributed by atoms with Gasteiger partial charge in [-0.15, -0.1) is 0 Å². The molecule has 16 heavy (non-hydrogen) atoms. The molecule has 0 aliphatic rings. The van der Waals surface area contributed by atoms with Crippen LogP contribution >= 0.6 is 0 Å². The molecule has 82 valence electrons. The van der Waals surface area contributed by atoms with Crippen LogP contribution in [-0.2, 0) is 0 Å². The molecule has 0 fully saturated rings. The van der Waals surface area contributed by atoms with E-state index in [0.717, 1.165) is 6.07 Å². The smallest absolute Gasteiger partial charge is 0.401 e. The van der Waals surface area contributed by atoms with E-state index in [9.17, 15) is 25.3 Å². The lowest BCUT2D eigenvalue weighted by atomic mass is 10.1. The number of nitro groups is 2. The Morgan fingerprint density at radius 2 is 1.94 bits per heavy atom. The van der Waals surface area contributed by atoms with Crippen molar-refractivity contribution < 1.29 is 15.0 Å². The second-order valence-corrected chi connectivity index (χ2v) is 2.85. The number of phenols is 1. The Hall–Kier alpha value is -2.76. The van der Waals surface area contributed by atoms with E-state index >= 15 is 0 Å². The van der Waals surface area contributed by atoms with Gasteiger partial charge in [-0.25, -0.2) is 0 Å². The van der Waals surface area contributed by atoms with Crippen molar-refractivity contribution in [3.8, 4) is 5.75 Å². The first-order chi connectivity index (χ1) is 7.40. The fourth-order valence-corrected chi connectivity index (χ4v) is 1.19. The van der Waals surface area contributed by atoms with Gasteiger partial charge in [-0.3, -0.25) is 20.2 Å². The molecule has 0 heterocycles. The van der Waals surface area contributed by atoms with Crippen LogP contribution in [0.4, 0.5) is 17.1 Å². The molecule has 0 saturated carbocycles. The number of nitro benzene ring substituents is 2. The predicted octanol–water partition coefficient (Wildman–Crippen LogP) is 2.00. The summed E-state index contributed by atoms with van der Waals surface area (Å²) in [6.45, 7) is 1.20. The molecule has 1 N–H and O–H groups in total. The predicted molar refractivity (Wildman–Crippen MR) is 50.9 cm³/mol. The highest BCUT2D eigenvalue weighted by atomic mass is 16.6. The fourth-order valence-electron chi connectivity index (χ4n) is 1.19. The molecule has 9 heteroatoms. The van der Waals surface area contributed by atoms with Gasteiger partial charge in [0.05, 0.1) is 9.85 Å². The molecule has 0 radical (unpaired) electrons. The van der Waals surface area contributed by atoms with Crippen LogP contribution in [0.5, 0.6) is 5.75 Å². The van der Waals surface area contributed by atoms with Crippen molar-refractivity contribution in [2.75, 3.05) is 0 Å². The molecule has 0 aliphatic heterocycles.